The molecule has 2 aliphatic rings. The summed E-state index contributed by atoms with van der Waals surface area (Å²) < 4.78 is 26.3. The van der Waals surface area contributed by atoms with Crippen LogP contribution in [0.4, 0.5) is 0 Å². The maximum Gasteiger partial charge on any atom is 0.215 e. The van der Waals surface area contributed by atoms with Crippen molar-refractivity contribution < 1.29 is 8.42 Å². The minimum Gasteiger partial charge on any atom is -0.313 e. The molecule has 0 aliphatic carbocycles. The minimum absolute atomic E-state index is 0.184. The number of nitrogens with zero attached hydrogens (tertiary/aromatic N) is 1. The largest absolute Gasteiger partial charge is 0.313 e. The fourth-order valence-electron chi connectivity index (χ4n) is 3.14. The van der Waals surface area contributed by atoms with Crippen LogP contribution in [0.15, 0.2) is 0 Å². The van der Waals surface area contributed by atoms with Crippen LogP contribution in [0, 0.1) is 5.92 Å². The van der Waals surface area contributed by atoms with Gasteiger partial charge in [0.25, 0.3) is 0 Å². The van der Waals surface area contributed by atoms with Crippen molar-refractivity contribution in [2.45, 2.75) is 51.5 Å². The predicted molar refractivity (Wildman–Crippen MR) is 74.0 cm³/mol. The number of rotatable bonds is 5. The third-order valence-corrected chi connectivity index (χ3v) is 6.21. The van der Waals surface area contributed by atoms with Gasteiger partial charge in [-0.2, -0.15) is 0 Å². The van der Waals surface area contributed by atoms with Crippen LogP contribution in [0.2, 0.25) is 0 Å². The van der Waals surface area contributed by atoms with Crippen LogP contribution >= 0.6 is 0 Å². The summed E-state index contributed by atoms with van der Waals surface area (Å²) >= 11 is 0. The first kappa shape index (κ1) is 14.3. The zero-order valence-corrected chi connectivity index (χ0v) is 12.2. The summed E-state index contributed by atoms with van der Waals surface area (Å²) in [5, 5.41) is 3.28. The summed E-state index contributed by atoms with van der Waals surface area (Å²) in [4.78, 5) is 0. The van der Waals surface area contributed by atoms with E-state index in [1.165, 1.54) is 12.8 Å². The molecule has 1 N–H and O–H groups in total. The lowest BCUT2D eigenvalue weighted by molar-refractivity contribution is 0.262. The van der Waals surface area contributed by atoms with Crippen molar-refractivity contribution in [1.82, 2.24) is 9.62 Å². The molecule has 2 heterocycles. The summed E-state index contributed by atoms with van der Waals surface area (Å²) in [5.41, 5.74) is 0. The Balaban J connectivity index is 1.83. The highest BCUT2D eigenvalue weighted by atomic mass is 32.2. The van der Waals surface area contributed by atoms with E-state index in [1.54, 1.807) is 4.31 Å². The number of piperidine rings is 1. The lowest BCUT2D eigenvalue weighted by Crippen LogP contribution is -2.43. The van der Waals surface area contributed by atoms with E-state index in [0.717, 1.165) is 51.2 Å². The van der Waals surface area contributed by atoms with Gasteiger partial charge in [-0.25, -0.2) is 12.7 Å². The van der Waals surface area contributed by atoms with Crippen LogP contribution in [0.5, 0.6) is 0 Å². The van der Waals surface area contributed by atoms with Gasteiger partial charge in [-0.1, -0.05) is 19.8 Å². The van der Waals surface area contributed by atoms with Crippen molar-refractivity contribution in [3.05, 3.63) is 0 Å². The van der Waals surface area contributed by atoms with Gasteiger partial charge in [-0.05, 0) is 38.1 Å². The Hall–Kier alpha value is -0.130. The topological polar surface area (TPSA) is 49.4 Å². The quantitative estimate of drug-likeness (QED) is 0.828. The lowest BCUT2D eigenvalue weighted by atomic mass is 9.94. The normalized spacial score (nSPS) is 27.7. The lowest BCUT2D eigenvalue weighted by Gasteiger charge is -2.31. The molecule has 2 aliphatic heterocycles. The summed E-state index contributed by atoms with van der Waals surface area (Å²) in [6, 6.07) is 0.184. The Morgan fingerprint density at radius 3 is 2.50 bits per heavy atom. The first-order valence-corrected chi connectivity index (χ1v) is 8.94. The Labute approximate surface area is 111 Å². The van der Waals surface area contributed by atoms with E-state index in [0.29, 0.717) is 5.75 Å². The first-order valence-electron chi connectivity index (χ1n) is 7.33. The number of hydrogen-bond acceptors (Lipinski definition) is 3. The molecule has 0 bridgehead atoms. The molecule has 18 heavy (non-hydrogen) atoms. The molecule has 2 fully saturated rings. The molecule has 0 aromatic rings. The molecular formula is C13H26N2O2S. The van der Waals surface area contributed by atoms with Crippen LogP contribution in [-0.2, 0) is 10.0 Å². The van der Waals surface area contributed by atoms with E-state index in [4.69, 9.17) is 0 Å². The zero-order chi connectivity index (χ0) is 13.0. The van der Waals surface area contributed by atoms with Gasteiger partial charge in [0.15, 0.2) is 0 Å². The monoisotopic (exact) mass is 274 g/mol. The molecule has 1 atom stereocenters. The molecule has 0 saturated carbocycles. The number of hydrogen-bond donors (Lipinski definition) is 1. The van der Waals surface area contributed by atoms with E-state index in [2.05, 4.69) is 12.2 Å². The van der Waals surface area contributed by atoms with Gasteiger partial charge in [0, 0.05) is 19.1 Å². The molecule has 0 aromatic heterocycles. The second-order valence-corrected chi connectivity index (χ2v) is 7.72. The Morgan fingerprint density at radius 1 is 1.22 bits per heavy atom. The van der Waals surface area contributed by atoms with E-state index in [9.17, 15) is 8.42 Å². The molecular weight excluding hydrogens is 248 g/mol. The summed E-state index contributed by atoms with van der Waals surface area (Å²) in [6.45, 7) is 4.65. The van der Waals surface area contributed by atoms with Crippen LogP contribution in [0.3, 0.4) is 0 Å². The average Bonchev–Trinajstić information content (AvgIpc) is 2.82. The zero-order valence-electron chi connectivity index (χ0n) is 11.4. The maximum absolute atomic E-state index is 12.3. The number of sulfonamides is 1. The van der Waals surface area contributed by atoms with Gasteiger partial charge in [-0.15, -0.1) is 0 Å². The molecule has 4 nitrogen and oxygen atoms in total. The fourth-order valence-corrected chi connectivity index (χ4v) is 4.91. The van der Waals surface area contributed by atoms with Crippen molar-refractivity contribution in [2.24, 2.45) is 5.92 Å². The van der Waals surface area contributed by atoms with Gasteiger partial charge in [-0.3, -0.25) is 0 Å². The van der Waals surface area contributed by atoms with Crippen LogP contribution < -0.4 is 5.32 Å². The number of nitrogens with one attached hydrogen (secondary N) is 1. The molecule has 106 valence electrons. The standard InChI is InChI=1S/C13H26N2O2S/c1-2-4-12-6-9-15(10-7-12)18(16,17)11-13-5-3-8-14-13/h12-14H,2-11H2,1H3. The highest BCUT2D eigenvalue weighted by Gasteiger charge is 2.30. The van der Waals surface area contributed by atoms with Gasteiger partial charge in [0.2, 0.25) is 10.0 Å². The second-order valence-electron chi connectivity index (χ2n) is 5.70. The summed E-state index contributed by atoms with van der Waals surface area (Å²) in [7, 11) is -3.03. The van der Waals surface area contributed by atoms with Gasteiger partial charge < -0.3 is 5.32 Å². The van der Waals surface area contributed by atoms with Crippen molar-refractivity contribution in [3.8, 4) is 0 Å². The van der Waals surface area contributed by atoms with Crippen LogP contribution in [-0.4, -0.2) is 44.2 Å². The van der Waals surface area contributed by atoms with E-state index >= 15 is 0 Å². The van der Waals surface area contributed by atoms with Crippen molar-refractivity contribution >= 4 is 10.0 Å². The van der Waals surface area contributed by atoms with Gasteiger partial charge in [0.1, 0.15) is 0 Å². The van der Waals surface area contributed by atoms with Crippen LogP contribution in [0.1, 0.15) is 45.4 Å². The molecule has 2 saturated heterocycles. The van der Waals surface area contributed by atoms with Crippen LogP contribution in [0.25, 0.3) is 0 Å². The van der Waals surface area contributed by atoms with Gasteiger partial charge >= 0.3 is 0 Å². The Morgan fingerprint density at radius 2 is 1.94 bits per heavy atom. The van der Waals surface area contributed by atoms with E-state index < -0.39 is 10.0 Å². The third kappa shape index (κ3) is 3.68. The smallest absolute Gasteiger partial charge is 0.215 e. The fraction of sp³-hybridized carbons (Fsp3) is 1.00. The molecule has 0 amide bonds. The second kappa shape index (κ2) is 6.35. The Kier molecular flexibility index (Phi) is 5.04. The summed E-state index contributed by atoms with van der Waals surface area (Å²) in [5.74, 6) is 1.04. The minimum atomic E-state index is -3.03. The maximum atomic E-state index is 12.3. The average molecular weight is 274 g/mol. The summed E-state index contributed by atoms with van der Waals surface area (Å²) in [6.07, 6.45) is 6.67. The van der Waals surface area contributed by atoms with E-state index in [1.807, 2.05) is 0 Å². The molecule has 2 rings (SSSR count). The molecule has 1 unspecified atom stereocenters. The highest BCUT2D eigenvalue weighted by Crippen LogP contribution is 2.24. The Bertz CT molecular complexity index is 342. The molecule has 0 aromatic carbocycles. The highest BCUT2D eigenvalue weighted by molar-refractivity contribution is 7.89. The SMILES string of the molecule is CCCC1CCN(S(=O)(=O)CC2CCCN2)CC1. The van der Waals surface area contributed by atoms with Crippen molar-refractivity contribution in [3.63, 3.8) is 0 Å². The third-order valence-electron chi connectivity index (χ3n) is 4.24. The first-order chi connectivity index (χ1) is 8.62. The molecule has 0 spiro atoms. The molecule has 5 heteroatoms. The molecule has 0 radical (unpaired) electrons. The predicted octanol–water partition coefficient (Wildman–Crippen LogP) is 1.58. The van der Waals surface area contributed by atoms with Crippen molar-refractivity contribution in [2.75, 3.05) is 25.4 Å². The van der Waals surface area contributed by atoms with Gasteiger partial charge in [0.05, 0.1) is 5.75 Å². The van der Waals surface area contributed by atoms with E-state index in [-0.39, 0.29) is 6.04 Å². The van der Waals surface area contributed by atoms with Crippen molar-refractivity contribution in [1.29, 1.82) is 0 Å².